The number of rotatable bonds is 6. The van der Waals surface area contributed by atoms with Crippen molar-refractivity contribution in [3.63, 3.8) is 0 Å². The van der Waals surface area contributed by atoms with E-state index in [0.717, 1.165) is 18.5 Å². The van der Waals surface area contributed by atoms with Crippen LogP contribution in [-0.4, -0.2) is 11.3 Å². The first kappa shape index (κ1) is 24.3. The molecule has 0 atom stereocenters. The van der Waals surface area contributed by atoms with Gasteiger partial charge >= 0.3 is 0 Å². The lowest BCUT2D eigenvalue weighted by molar-refractivity contribution is 0.805. The number of para-hydroxylation sites is 1. The second-order valence-corrected chi connectivity index (χ2v) is 11.1. The zero-order valence-electron chi connectivity index (χ0n) is 22.6. The minimum absolute atomic E-state index is 0.434. The van der Waals surface area contributed by atoms with Gasteiger partial charge in [0.25, 0.3) is 0 Å². The highest BCUT2D eigenvalue weighted by atomic mass is 15.0. The largest absolute Gasteiger partial charge is 0.315 e. The molecular formula is C34H38N2. The molecule has 0 fully saturated rings. The number of aliphatic imine (C=N–C) groups is 1. The van der Waals surface area contributed by atoms with Gasteiger partial charge in [0.15, 0.2) is 0 Å². The van der Waals surface area contributed by atoms with Crippen LogP contribution in [-0.2, 0) is 12.8 Å². The Kier molecular flexibility index (Phi) is 6.47. The molecule has 4 aromatic rings. The SMILES string of the molecule is C=Nc1ccc(-c2cn(-c3c(C(C)C)cccc3C(C)C)c3c2CCc2ccc(C(C)C)cc2-3)cc1. The van der Waals surface area contributed by atoms with E-state index in [1.54, 1.807) is 0 Å². The van der Waals surface area contributed by atoms with Crippen LogP contribution < -0.4 is 0 Å². The van der Waals surface area contributed by atoms with Crippen LogP contribution in [0.5, 0.6) is 0 Å². The topological polar surface area (TPSA) is 17.3 Å². The van der Waals surface area contributed by atoms with E-state index in [9.17, 15) is 0 Å². The summed E-state index contributed by atoms with van der Waals surface area (Å²) in [5.41, 5.74) is 14.7. The van der Waals surface area contributed by atoms with Gasteiger partial charge in [0, 0.05) is 17.3 Å². The quantitative estimate of drug-likeness (QED) is 0.248. The van der Waals surface area contributed by atoms with Crippen molar-refractivity contribution in [1.82, 2.24) is 4.57 Å². The molecule has 0 radical (unpaired) electrons. The van der Waals surface area contributed by atoms with Crippen LogP contribution in [0.1, 0.15) is 87.1 Å². The second-order valence-electron chi connectivity index (χ2n) is 11.1. The first-order chi connectivity index (χ1) is 17.3. The van der Waals surface area contributed by atoms with Crippen LogP contribution in [0.3, 0.4) is 0 Å². The third-order valence-corrected chi connectivity index (χ3v) is 7.75. The second kappa shape index (κ2) is 9.58. The van der Waals surface area contributed by atoms with Crippen molar-refractivity contribution in [3.8, 4) is 28.1 Å². The summed E-state index contributed by atoms with van der Waals surface area (Å²) in [5.74, 6) is 1.36. The van der Waals surface area contributed by atoms with Crippen LogP contribution in [0.15, 0.2) is 71.9 Å². The van der Waals surface area contributed by atoms with Gasteiger partial charge in [0.1, 0.15) is 0 Å². The van der Waals surface area contributed by atoms with Gasteiger partial charge in [-0.2, -0.15) is 0 Å². The first-order valence-electron chi connectivity index (χ1n) is 13.4. The molecule has 1 aliphatic carbocycles. The number of fused-ring (bicyclic) bond motifs is 3. The number of hydrogen-bond acceptors (Lipinski definition) is 1. The predicted molar refractivity (Wildman–Crippen MR) is 156 cm³/mol. The fraction of sp³-hybridized carbons (Fsp3) is 0.324. The number of hydrogen-bond donors (Lipinski definition) is 0. The van der Waals surface area contributed by atoms with Gasteiger partial charge in [0.05, 0.1) is 17.1 Å². The first-order valence-corrected chi connectivity index (χ1v) is 13.4. The fourth-order valence-corrected chi connectivity index (χ4v) is 5.70. The minimum Gasteiger partial charge on any atom is -0.315 e. The molecule has 0 amide bonds. The average molecular weight is 475 g/mol. The zero-order chi connectivity index (χ0) is 25.6. The van der Waals surface area contributed by atoms with E-state index >= 15 is 0 Å². The maximum absolute atomic E-state index is 4.11. The van der Waals surface area contributed by atoms with Crippen LogP contribution in [0.2, 0.25) is 0 Å². The maximum atomic E-state index is 4.11. The van der Waals surface area contributed by atoms with Crippen molar-refractivity contribution in [3.05, 3.63) is 94.7 Å². The molecule has 0 N–H and O–H groups in total. The molecule has 2 nitrogen and oxygen atoms in total. The third kappa shape index (κ3) is 4.13. The number of nitrogens with zero attached hydrogens (tertiary/aromatic N) is 2. The van der Waals surface area contributed by atoms with Gasteiger partial charge in [-0.3, -0.25) is 4.99 Å². The number of aryl methyl sites for hydroxylation is 1. The molecule has 0 unspecified atom stereocenters. The van der Waals surface area contributed by atoms with Crippen molar-refractivity contribution in [2.75, 3.05) is 0 Å². The minimum atomic E-state index is 0.434. The molecule has 1 aromatic heterocycles. The zero-order valence-corrected chi connectivity index (χ0v) is 22.6. The summed E-state index contributed by atoms with van der Waals surface area (Å²) in [5, 5.41) is 0. The number of benzene rings is 3. The van der Waals surface area contributed by atoms with Gasteiger partial charge in [-0.1, -0.05) is 84.0 Å². The summed E-state index contributed by atoms with van der Waals surface area (Å²) in [6, 6.07) is 22.5. The monoisotopic (exact) mass is 474 g/mol. The highest BCUT2D eigenvalue weighted by Gasteiger charge is 2.28. The predicted octanol–water partition coefficient (Wildman–Crippen LogP) is 9.61. The van der Waals surface area contributed by atoms with Crippen molar-refractivity contribution >= 4 is 12.4 Å². The van der Waals surface area contributed by atoms with Gasteiger partial charge in [-0.15, -0.1) is 0 Å². The van der Waals surface area contributed by atoms with Gasteiger partial charge in [-0.05, 0) is 88.9 Å². The molecule has 0 saturated heterocycles. The Bertz CT molecular complexity index is 1390. The molecular weight excluding hydrogens is 436 g/mol. The highest BCUT2D eigenvalue weighted by Crippen LogP contribution is 2.45. The molecule has 5 rings (SSSR count). The Morgan fingerprint density at radius 2 is 1.42 bits per heavy atom. The van der Waals surface area contributed by atoms with Gasteiger partial charge < -0.3 is 4.57 Å². The third-order valence-electron chi connectivity index (χ3n) is 7.75. The Hall–Kier alpha value is -3.39. The lowest BCUT2D eigenvalue weighted by Gasteiger charge is -2.26. The van der Waals surface area contributed by atoms with Crippen LogP contribution in [0, 0.1) is 0 Å². The van der Waals surface area contributed by atoms with Crippen LogP contribution >= 0.6 is 0 Å². The van der Waals surface area contributed by atoms with E-state index in [2.05, 4.69) is 125 Å². The van der Waals surface area contributed by atoms with E-state index in [-0.39, 0.29) is 0 Å². The Morgan fingerprint density at radius 1 is 0.750 bits per heavy atom. The van der Waals surface area contributed by atoms with Crippen molar-refractivity contribution in [2.24, 2.45) is 4.99 Å². The van der Waals surface area contributed by atoms with E-state index in [0.29, 0.717) is 17.8 Å². The maximum Gasteiger partial charge on any atom is 0.0622 e. The van der Waals surface area contributed by atoms with Crippen molar-refractivity contribution in [2.45, 2.75) is 72.1 Å². The molecule has 0 saturated carbocycles. The summed E-state index contributed by atoms with van der Waals surface area (Å²) in [7, 11) is 0. The smallest absolute Gasteiger partial charge is 0.0622 e. The Morgan fingerprint density at radius 3 is 2.00 bits per heavy atom. The lowest BCUT2D eigenvalue weighted by Crippen LogP contribution is -2.11. The molecule has 184 valence electrons. The summed E-state index contributed by atoms with van der Waals surface area (Å²) in [4.78, 5) is 4.11. The summed E-state index contributed by atoms with van der Waals surface area (Å²) >= 11 is 0. The molecule has 1 aliphatic rings. The molecule has 0 bridgehead atoms. The molecule has 3 aromatic carbocycles. The van der Waals surface area contributed by atoms with Crippen molar-refractivity contribution < 1.29 is 0 Å². The average Bonchev–Trinajstić information content (AvgIpc) is 3.27. The Balaban J connectivity index is 1.86. The normalized spacial score (nSPS) is 12.8. The van der Waals surface area contributed by atoms with Crippen LogP contribution in [0.4, 0.5) is 5.69 Å². The van der Waals surface area contributed by atoms with E-state index in [1.807, 2.05) is 0 Å². The molecule has 0 aliphatic heterocycles. The summed E-state index contributed by atoms with van der Waals surface area (Å²) < 4.78 is 2.54. The van der Waals surface area contributed by atoms with Crippen LogP contribution in [0.25, 0.3) is 28.1 Å². The highest BCUT2D eigenvalue weighted by molar-refractivity contribution is 5.83. The number of aromatic nitrogens is 1. The van der Waals surface area contributed by atoms with E-state index in [4.69, 9.17) is 0 Å². The molecule has 0 spiro atoms. The Labute approximate surface area is 216 Å². The molecule has 2 heteroatoms. The van der Waals surface area contributed by atoms with Crippen molar-refractivity contribution in [1.29, 1.82) is 0 Å². The fourth-order valence-electron chi connectivity index (χ4n) is 5.70. The molecule has 36 heavy (non-hydrogen) atoms. The summed E-state index contributed by atoms with van der Waals surface area (Å²) in [6.07, 6.45) is 4.53. The van der Waals surface area contributed by atoms with Gasteiger partial charge in [-0.25, -0.2) is 0 Å². The lowest BCUT2D eigenvalue weighted by atomic mass is 9.84. The molecule has 1 heterocycles. The summed E-state index contributed by atoms with van der Waals surface area (Å²) in [6.45, 7) is 17.5. The standard InChI is InChI=1S/C34H38N2/c1-21(2)26-12-11-24-15-18-30-32(25-13-16-27(35-7)17-14-25)20-36(34(30)31(24)19-26)33-28(22(3)4)9-8-10-29(33)23(5)6/h8-14,16-17,19-23H,7,15,18H2,1-6H3. The van der Waals surface area contributed by atoms with E-state index in [1.165, 1.54) is 55.9 Å². The van der Waals surface area contributed by atoms with Gasteiger partial charge in [0.2, 0.25) is 0 Å². The van der Waals surface area contributed by atoms with E-state index < -0.39 is 0 Å².